The third-order valence-corrected chi connectivity index (χ3v) is 5.02. The molecule has 1 aromatic rings. The molecule has 0 bridgehead atoms. The number of carbonyl (C=O) groups is 1. The molecule has 98 valence electrons. The van der Waals surface area contributed by atoms with Crippen LogP contribution in [0.5, 0.6) is 0 Å². The van der Waals surface area contributed by atoms with Gasteiger partial charge < -0.3 is 5.32 Å². The monoisotopic (exact) mass is 327 g/mol. The molecule has 1 saturated carbocycles. The van der Waals surface area contributed by atoms with E-state index >= 15 is 0 Å². The van der Waals surface area contributed by atoms with E-state index in [1.54, 1.807) is 17.4 Å². The number of carbonyl (C=O) groups excluding carboxylic acids is 1. The Morgan fingerprint density at radius 1 is 1.44 bits per heavy atom. The molecule has 2 rings (SSSR count). The second-order valence-corrected chi connectivity index (χ2v) is 7.35. The normalized spacial score (nSPS) is 24.3. The first-order valence-corrected chi connectivity index (χ1v) is 8.00. The highest BCUT2D eigenvalue weighted by Crippen LogP contribution is 2.24. The minimum atomic E-state index is 0.0262. The van der Waals surface area contributed by atoms with Crippen molar-refractivity contribution in [3.8, 4) is 0 Å². The predicted molar refractivity (Wildman–Crippen MR) is 80.6 cm³/mol. The lowest BCUT2D eigenvalue weighted by molar-refractivity contribution is -0.117. The average Bonchev–Trinajstić information content (AvgIpc) is 2.76. The van der Waals surface area contributed by atoms with E-state index in [4.69, 9.17) is 0 Å². The Balaban J connectivity index is 1.86. The summed E-state index contributed by atoms with van der Waals surface area (Å²) in [5.74, 6) is 0.630. The molecule has 4 heteroatoms. The molecule has 0 unspecified atom stereocenters. The zero-order chi connectivity index (χ0) is 13.0. The maximum absolute atomic E-state index is 11.8. The molecule has 1 heterocycles. The molecule has 1 aliphatic carbocycles. The first-order valence-electron chi connectivity index (χ1n) is 6.39. The van der Waals surface area contributed by atoms with Crippen LogP contribution in [0.1, 0.15) is 37.5 Å². The molecule has 2 nitrogen and oxygen atoms in total. The summed E-state index contributed by atoms with van der Waals surface area (Å²) in [6.45, 7) is 2.23. The summed E-state index contributed by atoms with van der Waals surface area (Å²) in [6.07, 6.45) is 8.39. The minimum Gasteiger partial charge on any atom is -0.350 e. The molecule has 0 saturated heterocycles. The van der Waals surface area contributed by atoms with E-state index < -0.39 is 0 Å². The van der Waals surface area contributed by atoms with Gasteiger partial charge in [-0.1, -0.05) is 19.8 Å². The van der Waals surface area contributed by atoms with Crippen LogP contribution < -0.4 is 5.32 Å². The topological polar surface area (TPSA) is 29.1 Å². The predicted octanol–water partition coefficient (Wildman–Crippen LogP) is 4.22. The molecular weight excluding hydrogens is 310 g/mol. The number of hydrogen-bond donors (Lipinski definition) is 1. The van der Waals surface area contributed by atoms with Gasteiger partial charge in [0.05, 0.1) is 3.79 Å². The fourth-order valence-electron chi connectivity index (χ4n) is 2.34. The Kier molecular flexibility index (Phi) is 5.01. The first kappa shape index (κ1) is 13.8. The lowest BCUT2D eigenvalue weighted by Gasteiger charge is -2.29. The lowest BCUT2D eigenvalue weighted by atomic mass is 9.86. The second kappa shape index (κ2) is 6.53. The van der Waals surface area contributed by atoms with Crippen LogP contribution in [0.15, 0.2) is 22.0 Å². The number of hydrogen-bond acceptors (Lipinski definition) is 2. The molecule has 2 atom stereocenters. The standard InChI is InChI=1S/C14H18BrNOS/c1-10-4-2-3-5-12(10)16-14(17)9-7-11-6-8-13(15)18-11/h6-10,12H,2-5H2,1H3,(H,16,17)/b9-7+/t10-,12-/m0/s1. The molecule has 1 fully saturated rings. The van der Waals surface area contributed by atoms with Crippen LogP contribution in [0.3, 0.4) is 0 Å². The van der Waals surface area contributed by atoms with Gasteiger partial charge in [-0.2, -0.15) is 0 Å². The van der Waals surface area contributed by atoms with E-state index in [1.165, 1.54) is 19.3 Å². The van der Waals surface area contributed by atoms with Crippen molar-refractivity contribution in [2.24, 2.45) is 5.92 Å². The SMILES string of the molecule is C[C@H]1CCCC[C@@H]1NC(=O)/C=C/c1ccc(Br)s1. The highest BCUT2D eigenvalue weighted by atomic mass is 79.9. The van der Waals surface area contributed by atoms with Crippen molar-refractivity contribution in [3.05, 3.63) is 26.9 Å². The van der Waals surface area contributed by atoms with Gasteiger partial charge in [0, 0.05) is 17.0 Å². The van der Waals surface area contributed by atoms with Gasteiger partial charge in [-0.25, -0.2) is 0 Å². The molecule has 18 heavy (non-hydrogen) atoms. The van der Waals surface area contributed by atoms with Crippen molar-refractivity contribution < 1.29 is 4.79 Å². The highest BCUT2D eigenvalue weighted by Gasteiger charge is 2.21. The van der Waals surface area contributed by atoms with Crippen molar-refractivity contribution in [1.82, 2.24) is 5.32 Å². The molecule has 0 aromatic carbocycles. The van der Waals surface area contributed by atoms with Gasteiger partial charge in [0.15, 0.2) is 0 Å². The largest absolute Gasteiger partial charge is 0.350 e. The van der Waals surface area contributed by atoms with Crippen LogP contribution in [0, 0.1) is 5.92 Å². The van der Waals surface area contributed by atoms with Gasteiger partial charge in [0.2, 0.25) is 5.91 Å². The van der Waals surface area contributed by atoms with Gasteiger partial charge in [0.25, 0.3) is 0 Å². The van der Waals surface area contributed by atoms with Gasteiger partial charge in [0.1, 0.15) is 0 Å². The molecular formula is C14H18BrNOS. The maximum atomic E-state index is 11.8. The Hall–Kier alpha value is -0.610. The Bertz CT molecular complexity index is 441. The number of amides is 1. The van der Waals surface area contributed by atoms with E-state index in [0.717, 1.165) is 15.1 Å². The summed E-state index contributed by atoms with van der Waals surface area (Å²) in [5.41, 5.74) is 0. The zero-order valence-electron chi connectivity index (χ0n) is 10.5. The molecule has 1 N–H and O–H groups in total. The average molecular weight is 328 g/mol. The number of thiophene rings is 1. The van der Waals surface area contributed by atoms with Gasteiger partial charge in [-0.3, -0.25) is 4.79 Å². The smallest absolute Gasteiger partial charge is 0.244 e. The number of nitrogens with one attached hydrogen (secondary N) is 1. The van der Waals surface area contributed by atoms with Crippen LogP contribution in [0.4, 0.5) is 0 Å². The Morgan fingerprint density at radius 3 is 2.89 bits per heavy atom. The van der Waals surface area contributed by atoms with Crippen LogP contribution in [-0.2, 0) is 4.79 Å². The summed E-state index contributed by atoms with van der Waals surface area (Å²) >= 11 is 5.04. The Morgan fingerprint density at radius 2 is 2.22 bits per heavy atom. The van der Waals surface area contributed by atoms with Crippen molar-refractivity contribution in [2.75, 3.05) is 0 Å². The molecule has 0 radical (unpaired) electrons. The van der Waals surface area contributed by atoms with E-state index in [0.29, 0.717) is 12.0 Å². The van der Waals surface area contributed by atoms with Crippen molar-refractivity contribution in [2.45, 2.75) is 38.6 Å². The number of rotatable bonds is 3. The summed E-state index contributed by atoms with van der Waals surface area (Å²) < 4.78 is 1.09. The summed E-state index contributed by atoms with van der Waals surface area (Å²) in [6, 6.07) is 4.35. The van der Waals surface area contributed by atoms with Crippen molar-refractivity contribution in [3.63, 3.8) is 0 Å². The summed E-state index contributed by atoms with van der Waals surface area (Å²) in [4.78, 5) is 12.9. The molecule has 1 aliphatic rings. The van der Waals surface area contributed by atoms with Crippen LogP contribution in [0.2, 0.25) is 0 Å². The summed E-state index contributed by atoms with van der Waals surface area (Å²) in [7, 11) is 0. The van der Waals surface area contributed by atoms with E-state index in [2.05, 4.69) is 28.2 Å². The minimum absolute atomic E-state index is 0.0262. The summed E-state index contributed by atoms with van der Waals surface area (Å²) in [5, 5.41) is 3.11. The highest BCUT2D eigenvalue weighted by molar-refractivity contribution is 9.11. The van der Waals surface area contributed by atoms with Crippen LogP contribution in [0.25, 0.3) is 6.08 Å². The van der Waals surface area contributed by atoms with Gasteiger partial charge in [-0.15, -0.1) is 11.3 Å². The molecule has 0 spiro atoms. The molecule has 1 amide bonds. The van der Waals surface area contributed by atoms with Crippen molar-refractivity contribution >= 4 is 39.2 Å². The Labute approximate surface area is 121 Å². The first-order chi connectivity index (χ1) is 8.65. The van der Waals surface area contributed by atoms with Gasteiger partial charge >= 0.3 is 0 Å². The third-order valence-electron chi connectivity index (χ3n) is 3.43. The second-order valence-electron chi connectivity index (χ2n) is 4.85. The van der Waals surface area contributed by atoms with E-state index in [9.17, 15) is 4.79 Å². The third kappa shape index (κ3) is 3.95. The van der Waals surface area contributed by atoms with Gasteiger partial charge in [-0.05, 0) is 52.9 Å². The van der Waals surface area contributed by atoms with E-state index in [-0.39, 0.29) is 5.91 Å². The van der Waals surface area contributed by atoms with Crippen molar-refractivity contribution in [1.29, 1.82) is 0 Å². The lowest BCUT2D eigenvalue weighted by Crippen LogP contribution is -2.40. The zero-order valence-corrected chi connectivity index (χ0v) is 12.9. The molecule has 0 aliphatic heterocycles. The fourth-order valence-corrected chi connectivity index (χ4v) is 3.66. The van der Waals surface area contributed by atoms with Crippen LogP contribution in [-0.4, -0.2) is 11.9 Å². The quantitative estimate of drug-likeness (QED) is 0.827. The molecule has 1 aromatic heterocycles. The maximum Gasteiger partial charge on any atom is 0.244 e. The fraction of sp³-hybridized carbons (Fsp3) is 0.500. The van der Waals surface area contributed by atoms with E-state index in [1.807, 2.05) is 18.2 Å². The van der Waals surface area contributed by atoms with Crippen LogP contribution >= 0.6 is 27.3 Å². The number of halogens is 1.